The minimum Gasteiger partial charge on any atom is -0.311 e. The summed E-state index contributed by atoms with van der Waals surface area (Å²) in [5.41, 5.74) is 1.33. The Kier molecular flexibility index (Phi) is 2.68. The van der Waals surface area contributed by atoms with E-state index in [2.05, 4.69) is 24.4 Å². The van der Waals surface area contributed by atoms with Crippen LogP contribution in [0.1, 0.15) is 37.7 Å². The highest BCUT2D eigenvalue weighted by Gasteiger charge is 2.40. The van der Waals surface area contributed by atoms with E-state index in [-0.39, 0.29) is 0 Å². The largest absolute Gasteiger partial charge is 0.311 e. The first-order valence-corrected chi connectivity index (χ1v) is 6.64. The van der Waals surface area contributed by atoms with E-state index in [9.17, 15) is 0 Å². The topological polar surface area (TPSA) is 12.0 Å². The molecule has 0 bridgehead atoms. The molecular formula is C14H18ClN. The highest BCUT2D eigenvalue weighted by Crippen LogP contribution is 2.43. The Labute approximate surface area is 102 Å². The van der Waals surface area contributed by atoms with Gasteiger partial charge in [0.15, 0.2) is 0 Å². The van der Waals surface area contributed by atoms with Crippen molar-refractivity contribution in [1.82, 2.24) is 5.32 Å². The molecular weight excluding hydrogens is 218 g/mol. The Balaban J connectivity index is 1.82. The van der Waals surface area contributed by atoms with E-state index in [0.717, 1.165) is 17.0 Å². The Bertz CT molecular complexity index is 386. The van der Waals surface area contributed by atoms with Crippen LogP contribution in [0.25, 0.3) is 0 Å². The molecule has 1 heterocycles. The molecule has 1 aromatic carbocycles. The van der Waals surface area contributed by atoms with Gasteiger partial charge in [-0.3, -0.25) is 0 Å². The third-order valence-electron chi connectivity index (χ3n) is 4.08. The highest BCUT2D eigenvalue weighted by atomic mass is 35.5. The second-order valence-corrected chi connectivity index (χ2v) is 5.67. The summed E-state index contributed by atoms with van der Waals surface area (Å²) >= 11 is 6.28. The maximum absolute atomic E-state index is 6.28. The number of hydrogen-bond acceptors (Lipinski definition) is 1. The summed E-state index contributed by atoms with van der Waals surface area (Å²) in [7, 11) is 0. The summed E-state index contributed by atoms with van der Waals surface area (Å²) in [5.74, 6) is 1.54. The van der Waals surface area contributed by atoms with Crippen molar-refractivity contribution in [1.29, 1.82) is 0 Å². The van der Waals surface area contributed by atoms with Crippen LogP contribution >= 0.6 is 11.6 Å². The zero-order valence-corrected chi connectivity index (χ0v) is 10.4. The first-order chi connectivity index (χ1) is 7.75. The van der Waals surface area contributed by atoms with Gasteiger partial charge in [-0.25, -0.2) is 0 Å². The molecule has 86 valence electrons. The molecule has 3 rings (SSSR count). The molecule has 0 radical (unpaired) electrons. The third-order valence-corrected chi connectivity index (χ3v) is 4.43. The number of benzene rings is 1. The van der Waals surface area contributed by atoms with Gasteiger partial charge in [0.05, 0.1) is 0 Å². The molecule has 2 fully saturated rings. The van der Waals surface area contributed by atoms with Crippen molar-refractivity contribution in [3.05, 3.63) is 34.9 Å². The van der Waals surface area contributed by atoms with Crippen LogP contribution in [0.4, 0.5) is 0 Å². The summed E-state index contributed by atoms with van der Waals surface area (Å²) in [6.45, 7) is 2.29. The molecule has 1 saturated carbocycles. The lowest BCUT2D eigenvalue weighted by Gasteiger charge is -2.16. The van der Waals surface area contributed by atoms with Crippen molar-refractivity contribution in [2.75, 3.05) is 0 Å². The third kappa shape index (κ3) is 1.87. The van der Waals surface area contributed by atoms with Gasteiger partial charge in [-0.15, -0.1) is 0 Å². The molecule has 2 aliphatic rings. The first-order valence-electron chi connectivity index (χ1n) is 6.26. The zero-order chi connectivity index (χ0) is 11.1. The molecule has 3 atom stereocenters. The van der Waals surface area contributed by atoms with E-state index in [1.807, 2.05) is 12.1 Å². The second kappa shape index (κ2) is 4.05. The summed E-state index contributed by atoms with van der Waals surface area (Å²) in [4.78, 5) is 0. The van der Waals surface area contributed by atoms with Gasteiger partial charge in [0, 0.05) is 23.0 Å². The van der Waals surface area contributed by atoms with Gasteiger partial charge in [0.1, 0.15) is 0 Å². The van der Waals surface area contributed by atoms with Crippen LogP contribution in [-0.2, 0) is 0 Å². The monoisotopic (exact) mass is 235 g/mol. The zero-order valence-electron chi connectivity index (χ0n) is 9.62. The van der Waals surface area contributed by atoms with Crippen molar-refractivity contribution in [3.63, 3.8) is 0 Å². The van der Waals surface area contributed by atoms with E-state index in [1.54, 1.807) is 0 Å². The van der Waals surface area contributed by atoms with Gasteiger partial charge < -0.3 is 5.32 Å². The molecule has 2 heteroatoms. The average molecular weight is 236 g/mol. The standard InChI is InChI=1S/C14H18ClN/c1-9-12(8-14(16-9)10-6-7-10)11-4-2-3-5-13(11)15/h2-5,9-10,12,14,16H,6-8H2,1H3. The lowest BCUT2D eigenvalue weighted by Crippen LogP contribution is -2.29. The van der Waals surface area contributed by atoms with Crippen LogP contribution in [0.3, 0.4) is 0 Å². The van der Waals surface area contributed by atoms with Crippen LogP contribution in [0, 0.1) is 5.92 Å². The quantitative estimate of drug-likeness (QED) is 0.826. The van der Waals surface area contributed by atoms with Crippen LogP contribution < -0.4 is 5.32 Å². The van der Waals surface area contributed by atoms with Gasteiger partial charge in [-0.05, 0) is 43.7 Å². The van der Waals surface area contributed by atoms with Crippen LogP contribution in [0.15, 0.2) is 24.3 Å². The van der Waals surface area contributed by atoms with E-state index in [1.165, 1.54) is 24.8 Å². The van der Waals surface area contributed by atoms with Crippen LogP contribution in [0.5, 0.6) is 0 Å². The fraction of sp³-hybridized carbons (Fsp3) is 0.571. The van der Waals surface area contributed by atoms with Gasteiger partial charge in [-0.1, -0.05) is 29.8 Å². The Morgan fingerprint density at radius 2 is 2.00 bits per heavy atom. The number of rotatable bonds is 2. The molecule has 0 amide bonds. The summed E-state index contributed by atoms with van der Waals surface area (Å²) in [6, 6.07) is 9.59. The molecule has 1 nitrogen and oxygen atoms in total. The van der Waals surface area contributed by atoms with Crippen LogP contribution in [-0.4, -0.2) is 12.1 Å². The van der Waals surface area contributed by atoms with Crippen molar-refractivity contribution < 1.29 is 0 Å². The lowest BCUT2D eigenvalue weighted by atomic mass is 9.91. The van der Waals surface area contributed by atoms with E-state index >= 15 is 0 Å². The number of nitrogens with one attached hydrogen (secondary N) is 1. The maximum Gasteiger partial charge on any atom is 0.0441 e. The van der Waals surface area contributed by atoms with Gasteiger partial charge in [-0.2, -0.15) is 0 Å². The highest BCUT2D eigenvalue weighted by molar-refractivity contribution is 6.31. The van der Waals surface area contributed by atoms with Crippen molar-refractivity contribution in [2.45, 2.75) is 44.2 Å². The van der Waals surface area contributed by atoms with Crippen molar-refractivity contribution in [2.24, 2.45) is 5.92 Å². The summed E-state index contributed by atoms with van der Waals surface area (Å²) in [6.07, 6.45) is 4.09. The van der Waals surface area contributed by atoms with Gasteiger partial charge in [0.25, 0.3) is 0 Å². The van der Waals surface area contributed by atoms with E-state index < -0.39 is 0 Å². The minimum absolute atomic E-state index is 0.561. The molecule has 1 N–H and O–H groups in total. The predicted octanol–water partition coefficient (Wildman–Crippen LogP) is 3.58. The molecule has 1 aliphatic carbocycles. The number of halogens is 1. The lowest BCUT2D eigenvalue weighted by molar-refractivity contribution is 0.509. The van der Waals surface area contributed by atoms with E-state index in [4.69, 9.17) is 11.6 Å². The van der Waals surface area contributed by atoms with E-state index in [0.29, 0.717) is 12.0 Å². The van der Waals surface area contributed by atoms with Gasteiger partial charge >= 0.3 is 0 Å². The average Bonchev–Trinajstić information content (AvgIpc) is 3.04. The van der Waals surface area contributed by atoms with Crippen LogP contribution in [0.2, 0.25) is 5.02 Å². The Morgan fingerprint density at radius 1 is 1.25 bits per heavy atom. The SMILES string of the molecule is CC1NC(C2CC2)CC1c1ccccc1Cl. The molecule has 3 unspecified atom stereocenters. The smallest absolute Gasteiger partial charge is 0.0441 e. The van der Waals surface area contributed by atoms with Crippen molar-refractivity contribution in [3.8, 4) is 0 Å². The molecule has 1 aromatic rings. The Morgan fingerprint density at radius 3 is 2.69 bits per heavy atom. The molecule has 0 spiro atoms. The number of hydrogen-bond donors (Lipinski definition) is 1. The molecule has 1 aliphatic heterocycles. The minimum atomic E-state index is 0.561. The maximum atomic E-state index is 6.28. The Hall–Kier alpha value is -0.530. The summed E-state index contributed by atoms with van der Waals surface area (Å²) < 4.78 is 0. The normalized spacial score (nSPS) is 34.2. The molecule has 0 aromatic heterocycles. The summed E-state index contributed by atoms with van der Waals surface area (Å²) in [5, 5.41) is 4.66. The fourth-order valence-electron chi connectivity index (χ4n) is 3.00. The fourth-order valence-corrected chi connectivity index (χ4v) is 3.27. The van der Waals surface area contributed by atoms with Crippen molar-refractivity contribution >= 4 is 11.6 Å². The molecule has 16 heavy (non-hydrogen) atoms. The first kappa shape index (κ1) is 10.6. The van der Waals surface area contributed by atoms with Gasteiger partial charge in [0.2, 0.25) is 0 Å². The molecule has 1 saturated heterocycles. The second-order valence-electron chi connectivity index (χ2n) is 5.26. The predicted molar refractivity (Wildman–Crippen MR) is 67.9 cm³/mol.